The van der Waals surface area contributed by atoms with Gasteiger partial charge in [0.2, 0.25) is 0 Å². The first-order valence-electron chi connectivity index (χ1n) is 9.79. The van der Waals surface area contributed by atoms with E-state index in [0.717, 1.165) is 19.2 Å². The minimum Gasteiger partial charge on any atom is -0.473 e. The number of carboxylic acids is 2. The summed E-state index contributed by atoms with van der Waals surface area (Å²) in [7, 11) is 0. The molecule has 3 rings (SSSR count). The van der Waals surface area contributed by atoms with Crippen molar-refractivity contribution in [2.24, 2.45) is 0 Å². The van der Waals surface area contributed by atoms with Crippen molar-refractivity contribution in [1.29, 1.82) is 0 Å². The summed E-state index contributed by atoms with van der Waals surface area (Å²) in [4.78, 5) is 20.4. The van der Waals surface area contributed by atoms with Gasteiger partial charge in [-0.2, -0.15) is 13.2 Å². The van der Waals surface area contributed by atoms with E-state index in [1.54, 1.807) is 18.2 Å². The van der Waals surface area contributed by atoms with Gasteiger partial charge in [-0.15, -0.1) is 0 Å². The molecule has 0 amide bonds. The van der Waals surface area contributed by atoms with Crippen molar-refractivity contribution in [3.05, 3.63) is 71.3 Å². The fourth-order valence-corrected chi connectivity index (χ4v) is 3.10. The van der Waals surface area contributed by atoms with Crippen LogP contribution in [0.1, 0.15) is 22.8 Å². The van der Waals surface area contributed by atoms with Crippen LogP contribution >= 0.6 is 0 Å². The van der Waals surface area contributed by atoms with E-state index in [-0.39, 0.29) is 5.56 Å². The highest BCUT2D eigenvalue weighted by Gasteiger charge is 2.35. The Balaban J connectivity index is 0.000000534. The first kappa shape index (κ1) is 25.3. The van der Waals surface area contributed by atoms with Crippen LogP contribution in [-0.4, -0.2) is 66.5 Å². The summed E-state index contributed by atoms with van der Waals surface area (Å²) in [5, 5.41) is 14.8. The van der Waals surface area contributed by atoms with E-state index in [1.807, 2.05) is 18.2 Å². The second-order valence-corrected chi connectivity index (χ2v) is 6.81. The number of halogens is 3. The molecule has 0 bridgehead atoms. The van der Waals surface area contributed by atoms with Crippen LogP contribution in [0.15, 0.2) is 54.6 Å². The number of hydrogen-bond donors (Lipinski definition) is 2. The Bertz CT molecular complexity index is 857. The smallest absolute Gasteiger partial charge is 0.416 e. The molecule has 32 heavy (non-hydrogen) atoms. The van der Waals surface area contributed by atoms with Crippen molar-refractivity contribution >= 4 is 11.9 Å². The topological polar surface area (TPSA) is 96.3 Å². The number of hydrogen-bond acceptors (Lipinski definition) is 5. The second-order valence-electron chi connectivity index (χ2n) is 6.81. The number of benzene rings is 2. The molecule has 1 fully saturated rings. The van der Waals surface area contributed by atoms with Crippen LogP contribution in [-0.2, 0) is 25.2 Å². The lowest BCUT2D eigenvalue weighted by Gasteiger charge is -2.28. The predicted octanol–water partition coefficient (Wildman–Crippen LogP) is 3.30. The zero-order chi connectivity index (χ0) is 23.6. The molecule has 1 unspecified atom stereocenters. The number of morpholine rings is 1. The van der Waals surface area contributed by atoms with Crippen LogP contribution in [0.25, 0.3) is 0 Å². The van der Waals surface area contributed by atoms with Crippen molar-refractivity contribution in [3.63, 3.8) is 0 Å². The van der Waals surface area contributed by atoms with Crippen LogP contribution in [0.3, 0.4) is 0 Å². The summed E-state index contributed by atoms with van der Waals surface area (Å²) in [5.74, 6) is -3.65. The number of carboxylic acid groups (broad SMARTS) is 2. The quantitative estimate of drug-likeness (QED) is 0.646. The van der Waals surface area contributed by atoms with Crippen LogP contribution in [0.5, 0.6) is 0 Å². The average Bonchev–Trinajstić information content (AvgIpc) is 2.78. The molecule has 2 aromatic rings. The van der Waals surface area contributed by atoms with E-state index < -0.39 is 29.8 Å². The predicted molar refractivity (Wildman–Crippen MR) is 108 cm³/mol. The lowest BCUT2D eigenvalue weighted by atomic mass is 9.96. The zero-order valence-electron chi connectivity index (χ0n) is 17.1. The van der Waals surface area contributed by atoms with Crippen molar-refractivity contribution < 1.29 is 42.4 Å². The molecular formula is C22H24F3NO6. The van der Waals surface area contributed by atoms with Crippen LogP contribution < -0.4 is 0 Å². The van der Waals surface area contributed by atoms with Gasteiger partial charge in [0, 0.05) is 19.6 Å². The third-order valence-corrected chi connectivity index (χ3v) is 4.63. The third-order valence-electron chi connectivity index (χ3n) is 4.63. The number of alkyl halides is 3. The number of carbonyl (C=O) groups is 2. The normalized spacial score (nSPS) is 15.3. The van der Waals surface area contributed by atoms with E-state index in [4.69, 9.17) is 29.3 Å². The molecule has 1 atom stereocenters. The molecule has 0 radical (unpaired) electrons. The summed E-state index contributed by atoms with van der Waals surface area (Å²) in [5.41, 5.74) is 0.208. The maximum atomic E-state index is 13.5. The van der Waals surface area contributed by atoms with Crippen LogP contribution in [0.4, 0.5) is 13.2 Å². The van der Waals surface area contributed by atoms with Gasteiger partial charge in [0.15, 0.2) is 0 Å². The van der Waals surface area contributed by atoms with Crippen LogP contribution in [0, 0.1) is 0 Å². The number of nitrogens with zero attached hydrogens (tertiary/aromatic N) is 1. The molecule has 2 N–H and O–H groups in total. The molecule has 174 valence electrons. The highest BCUT2D eigenvalue weighted by atomic mass is 19.4. The van der Waals surface area contributed by atoms with Gasteiger partial charge in [-0.25, -0.2) is 9.59 Å². The first-order chi connectivity index (χ1) is 15.2. The first-order valence-corrected chi connectivity index (χ1v) is 9.79. The maximum absolute atomic E-state index is 13.5. The van der Waals surface area contributed by atoms with Gasteiger partial charge in [0.05, 0.1) is 25.4 Å². The van der Waals surface area contributed by atoms with Gasteiger partial charge in [0.25, 0.3) is 0 Å². The van der Waals surface area contributed by atoms with Gasteiger partial charge in [-0.1, -0.05) is 48.5 Å². The van der Waals surface area contributed by atoms with Crippen molar-refractivity contribution in [1.82, 2.24) is 4.90 Å². The van der Waals surface area contributed by atoms with E-state index in [2.05, 4.69) is 4.90 Å². The molecule has 10 heteroatoms. The molecule has 2 aromatic carbocycles. The molecule has 0 spiro atoms. The Hall–Kier alpha value is -2.95. The van der Waals surface area contributed by atoms with Gasteiger partial charge < -0.3 is 19.7 Å². The number of rotatable bonds is 6. The monoisotopic (exact) mass is 455 g/mol. The fourth-order valence-electron chi connectivity index (χ4n) is 3.10. The minimum absolute atomic E-state index is 0.146. The SMILES string of the molecule is FC(F)(F)c1ccccc1C(OCCN1CCOCC1)c1ccccc1.O=C(O)C(=O)O. The highest BCUT2D eigenvalue weighted by molar-refractivity contribution is 6.27. The van der Waals surface area contributed by atoms with Gasteiger partial charge in [-0.05, 0) is 17.2 Å². The van der Waals surface area contributed by atoms with Crippen molar-refractivity contribution in [2.75, 3.05) is 39.5 Å². The van der Waals surface area contributed by atoms with Gasteiger partial charge in [-0.3, -0.25) is 4.90 Å². The summed E-state index contributed by atoms with van der Waals surface area (Å²) in [6, 6.07) is 14.7. The minimum atomic E-state index is -4.42. The Kier molecular flexibility index (Phi) is 9.63. The average molecular weight is 455 g/mol. The molecule has 1 heterocycles. The maximum Gasteiger partial charge on any atom is 0.416 e. The summed E-state index contributed by atoms with van der Waals surface area (Å²) in [6.07, 6.45) is -5.17. The molecule has 7 nitrogen and oxygen atoms in total. The Morgan fingerprint density at radius 3 is 2.09 bits per heavy atom. The third kappa shape index (κ3) is 7.95. The molecule has 1 aliphatic heterocycles. The van der Waals surface area contributed by atoms with Gasteiger partial charge in [0.1, 0.15) is 6.10 Å². The van der Waals surface area contributed by atoms with Gasteiger partial charge >= 0.3 is 18.1 Å². The number of ether oxygens (including phenoxy) is 2. The lowest BCUT2D eigenvalue weighted by Crippen LogP contribution is -2.38. The second kappa shape index (κ2) is 12.2. The number of aliphatic carboxylic acids is 2. The lowest BCUT2D eigenvalue weighted by molar-refractivity contribution is -0.159. The molecular weight excluding hydrogens is 431 g/mol. The molecule has 1 saturated heterocycles. The Morgan fingerprint density at radius 1 is 0.969 bits per heavy atom. The molecule has 0 aromatic heterocycles. The highest BCUT2D eigenvalue weighted by Crippen LogP contribution is 2.37. The van der Waals surface area contributed by atoms with Crippen LogP contribution in [0.2, 0.25) is 0 Å². The largest absolute Gasteiger partial charge is 0.473 e. The van der Waals surface area contributed by atoms with Crippen molar-refractivity contribution in [2.45, 2.75) is 12.3 Å². The Labute approximate surface area is 183 Å². The molecule has 1 aliphatic rings. The summed E-state index contributed by atoms with van der Waals surface area (Å²) < 4.78 is 51.7. The molecule has 0 saturated carbocycles. The molecule has 0 aliphatic carbocycles. The van der Waals surface area contributed by atoms with E-state index in [0.29, 0.717) is 31.9 Å². The zero-order valence-corrected chi connectivity index (χ0v) is 17.1. The van der Waals surface area contributed by atoms with E-state index in [9.17, 15) is 13.2 Å². The standard InChI is InChI=1S/C20H22F3NO2.C2H2O4/c21-20(22,23)18-9-5-4-8-17(18)19(16-6-2-1-3-7-16)26-15-12-24-10-13-25-14-11-24;3-1(4)2(5)6/h1-9,19H,10-15H2;(H,3,4)(H,5,6). The van der Waals surface area contributed by atoms with Crippen molar-refractivity contribution in [3.8, 4) is 0 Å². The summed E-state index contributed by atoms with van der Waals surface area (Å²) >= 11 is 0. The van der Waals surface area contributed by atoms with E-state index >= 15 is 0 Å². The Morgan fingerprint density at radius 2 is 1.53 bits per heavy atom. The summed E-state index contributed by atoms with van der Waals surface area (Å²) in [6.45, 7) is 4.02. The fraction of sp³-hybridized carbons (Fsp3) is 0.364. The van der Waals surface area contributed by atoms with E-state index in [1.165, 1.54) is 12.1 Å².